The molecule has 0 bridgehead atoms. The van der Waals surface area contributed by atoms with Crippen LogP contribution in [-0.4, -0.2) is 30.0 Å². The predicted octanol–water partition coefficient (Wildman–Crippen LogP) is 3.59. The fourth-order valence-electron chi connectivity index (χ4n) is 4.40. The second-order valence-electron chi connectivity index (χ2n) is 8.17. The van der Waals surface area contributed by atoms with Gasteiger partial charge in [-0.1, -0.05) is 66.2 Å². The normalized spacial score (nSPS) is 19.3. The molecule has 0 radical (unpaired) electrons. The molecule has 3 aromatic rings. The number of benzene rings is 3. The summed E-state index contributed by atoms with van der Waals surface area (Å²) < 4.78 is 0. The number of anilines is 2. The molecule has 33 heavy (non-hydrogen) atoms. The number of rotatable bonds is 5. The Morgan fingerprint density at radius 1 is 0.970 bits per heavy atom. The van der Waals surface area contributed by atoms with Gasteiger partial charge in [-0.3, -0.25) is 24.2 Å². The van der Waals surface area contributed by atoms with Gasteiger partial charge in [0.2, 0.25) is 16.7 Å². The summed E-state index contributed by atoms with van der Waals surface area (Å²) in [5.74, 6) is -0.449. The van der Waals surface area contributed by atoms with Crippen LogP contribution in [0, 0.1) is 6.92 Å². The van der Waals surface area contributed by atoms with Crippen LogP contribution in [0.25, 0.3) is 0 Å². The van der Waals surface area contributed by atoms with Crippen LogP contribution in [-0.2, 0) is 25.8 Å². The maximum absolute atomic E-state index is 13.9. The second-order valence-corrected chi connectivity index (χ2v) is 9.34. The molecule has 1 fully saturated rings. The molecule has 3 amide bonds. The molecule has 3 aromatic carbocycles. The topological polar surface area (TPSA) is 69.7 Å². The maximum Gasteiger partial charge on any atom is 0.269 e. The summed E-state index contributed by atoms with van der Waals surface area (Å²) in [6.45, 7) is 2.25. The third-order valence-corrected chi connectivity index (χ3v) is 7.38. The van der Waals surface area contributed by atoms with Gasteiger partial charge < -0.3 is 5.32 Å². The fourth-order valence-corrected chi connectivity index (χ4v) is 5.76. The second kappa shape index (κ2) is 8.41. The van der Waals surface area contributed by atoms with Gasteiger partial charge in [-0.2, -0.15) is 0 Å². The van der Waals surface area contributed by atoms with E-state index < -0.39 is 4.87 Å². The van der Waals surface area contributed by atoms with E-state index >= 15 is 0 Å². The molecule has 5 rings (SSSR count). The van der Waals surface area contributed by atoms with Crippen molar-refractivity contribution >= 4 is 40.9 Å². The number of carbonyl (C=O) groups excluding carboxylic acids is 3. The number of hydrogen-bond donors (Lipinski definition) is 1. The Hall–Kier alpha value is -3.58. The van der Waals surface area contributed by atoms with Crippen molar-refractivity contribution in [3.05, 3.63) is 95.6 Å². The molecule has 166 valence electrons. The van der Waals surface area contributed by atoms with Gasteiger partial charge in [0.05, 0.1) is 11.4 Å². The van der Waals surface area contributed by atoms with Crippen LogP contribution in [0.5, 0.6) is 0 Å². The minimum absolute atomic E-state index is 0.110. The van der Waals surface area contributed by atoms with Crippen LogP contribution < -0.4 is 15.1 Å². The van der Waals surface area contributed by atoms with Crippen molar-refractivity contribution in [3.8, 4) is 0 Å². The van der Waals surface area contributed by atoms with E-state index in [-0.39, 0.29) is 30.0 Å². The average molecular weight is 458 g/mol. The van der Waals surface area contributed by atoms with Crippen LogP contribution in [0.1, 0.15) is 16.7 Å². The molecule has 2 heterocycles. The number of nitrogens with zero attached hydrogens (tertiary/aromatic N) is 2. The van der Waals surface area contributed by atoms with E-state index in [0.29, 0.717) is 17.9 Å². The molecule has 1 N–H and O–H groups in total. The SMILES string of the molecule is Cc1ccc(N2C(=O)CS[C@@]23C(=O)N(CC(=O)NCc2ccccc2)c2ccccc23)cc1. The Labute approximate surface area is 196 Å². The average Bonchev–Trinajstić information content (AvgIpc) is 3.30. The summed E-state index contributed by atoms with van der Waals surface area (Å²) in [7, 11) is 0. The van der Waals surface area contributed by atoms with Crippen LogP contribution in [0.4, 0.5) is 11.4 Å². The highest BCUT2D eigenvalue weighted by Crippen LogP contribution is 2.55. The first-order valence-electron chi connectivity index (χ1n) is 10.8. The molecule has 0 saturated carbocycles. The minimum Gasteiger partial charge on any atom is -0.350 e. The zero-order valence-corrected chi connectivity index (χ0v) is 19.0. The third kappa shape index (κ3) is 3.58. The van der Waals surface area contributed by atoms with Crippen molar-refractivity contribution in [2.45, 2.75) is 18.3 Å². The van der Waals surface area contributed by atoms with Crippen molar-refractivity contribution in [2.75, 3.05) is 22.1 Å². The molecule has 1 atom stereocenters. The number of fused-ring (bicyclic) bond motifs is 2. The largest absolute Gasteiger partial charge is 0.350 e. The quantitative estimate of drug-likeness (QED) is 0.636. The number of carbonyl (C=O) groups is 3. The third-order valence-electron chi connectivity index (χ3n) is 5.99. The van der Waals surface area contributed by atoms with Gasteiger partial charge in [-0.15, -0.1) is 11.8 Å². The van der Waals surface area contributed by atoms with Crippen molar-refractivity contribution in [3.63, 3.8) is 0 Å². The molecule has 7 heteroatoms. The Morgan fingerprint density at radius 3 is 2.42 bits per heavy atom. The number of amides is 3. The van der Waals surface area contributed by atoms with E-state index in [1.165, 1.54) is 16.7 Å². The highest BCUT2D eigenvalue weighted by molar-refractivity contribution is 8.02. The number of aryl methyl sites for hydroxylation is 1. The summed E-state index contributed by atoms with van der Waals surface area (Å²) in [5.41, 5.74) is 4.13. The van der Waals surface area contributed by atoms with Gasteiger partial charge in [-0.05, 0) is 30.7 Å². The Kier molecular flexibility index (Phi) is 5.42. The van der Waals surface area contributed by atoms with Crippen molar-refractivity contribution in [1.29, 1.82) is 0 Å². The molecule has 0 unspecified atom stereocenters. The smallest absolute Gasteiger partial charge is 0.269 e. The lowest BCUT2D eigenvalue weighted by molar-refractivity contribution is -0.125. The summed E-state index contributed by atoms with van der Waals surface area (Å²) in [5, 5.41) is 2.89. The van der Waals surface area contributed by atoms with Gasteiger partial charge in [0.15, 0.2) is 0 Å². The lowest BCUT2D eigenvalue weighted by Gasteiger charge is -2.33. The van der Waals surface area contributed by atoms with Crippen molar-refractivity contribution in [1.82, 2.24) is 5.32 Å². The molecule has 2 aliphatic rings. The van der Waals surface area contributed by atoms with Gasteiger partial charge in [0.1, 0.15) is 6.54 Å². The molecule has 1 spiro atoms. The first-order chi connectivity index (χ1) is 16.0. The zero-order valence-electron chi connectivity index (χ0n) is 18.2. The summed E-state index contributed by atoms with van der Waals surface area (Å²) in [4.78, 5) is 41.6. The molecule has 0 aromatic heterocycles. The minimum atomic E-state index is -1.21. The molecular weight excluding hydrogens is 434 g/mol. The number of hydrogen-bond acceptors (Lipinski definition) is 4. The lowest BCUT2D eigenvalue weighted by atomic mass is 10.0. The molecule has 1 saturated heterocycles. The van der Waals surface area contributed by atoms with Gasteiger partial charge >= 0.3 is 0 Å². The number of nitrogens with one attached hydrogen (secondary N) is 1. The van der Waals surface area contributed by atoms with Crippen molar-refractivity contribution < 1.29 is 14.4 Å². The Morgan fingerprint density at radius 2 is 1.67 bits per heavy atom. The van der Waals surface area contributed by atoms with Gasteiger partial charge in [0.25, 0.3) is 5.91 Å². The van der Waals surface area contributed by atoms with Gasteiger partial charge in [-0.25, -0.2) is 0 Å². The lowest BCUT2D eigenvalue weighted by Crippen LogP contribution is -2.51. The Balaban J connectivity index is 1.46. The van der Waals surface area contributed by atoms with E-state index in [0.717, 1.165) is 16.7 Å². The van der Waals surface area contributed by atoms with Gasteiger partial charge in [0, 0.05) is 17.8 Å². The zero-order chi connectivity index (χ0) is 23.0. The van der Waals surface area contributed by atoms with Crippen LogP contribution in [0.2, 0.25) is 0 Å². The first kappa shape index (κ1) is 21.3. The summed E-state index contributed by atoms with van der Waals surface area (Å²) in [6.07, 6.45) is 0. The van der Waals surface area contributed by atoms with Crippen LogP contribution in [0.15, 0.2) is 78.9 Å². The monoisotopic (exact) mass is 457 g/mol. The standard InChI is InChI=1S/C26H23N3O3S/c1-18-11-13-20(14-12-18)29-24(31)17-33-26(29)21-9-5-6-10-22(21)28(25(26)32)16-23(30)27-15-19-7-3-2-4-8-19/h2-14H,15-17H2,1H3,(H,27,30)/t26-/m0/s1. The molecule has 0 aliphatic carbocycles. The molecule has 2 aliphatic heterocycles. The first-order valence-corrected chi connectivity index (χ1v) is 11.7. The molecule has 6 nitrogen and oxygen atoms in total. The highest BCUT2D eigenvalue weighted by atomic mass is 32.2. The number of para-hydroxylation sites is 1. The molecular formula is C26H23N3O3S. The van der Waals surface area contributed by atoms with E-state index in [1.54, 1.807) is 4.90 Å². The highest BCUT2D eigenvalue weighted by Gasteiger charge is 2.61. The van der Waals surface area contributed by atoms with Crippen LogP contribution in [0.3, 0.4) is 0 Å². The van der Waals surface area contributed by atoms with Crippen LogP contribution >= 0.6 is 11.8 Å². The summed E-state index contributed by atoms with van der Waals surface area (Å²) in [6, 6.07) is 24.6. The predicted molar refractivity (Wildman–Crippen MR) is 130 cm³/mol. The van der Waals surface area contributed by atoms with E-state index in [1.807, 2.05) is 85.8 Å². The Bertz CT molecular complexity index is 1230. The fraction of sp³-hybridized carbons (Fsp3) is 0.192. The maximum atomic E-state index is 13.9. The van der Waals surface area contributed by atoms with E-state index in [4.69, 9.17) is 0 Å². The summed E-state index contributed by atoms with van der Waals surface area (Å²) >= 11 is 1.31. The number of thioether (sulfide) groups is 1. The van der Waals surface area contributed by atoms with Crippen molar-refractivity contribution in [2.24, 2.45) is 0 Å². The van der Waals surface area contributed by atoms with E-state index in [9.17, 15) is 14.4 Å². The van der Waals surface area contributed by atoms with E-state index in [2.05, 4.69) is 5.32 Å².